The van der Waals surface area contributed by atoms with Gasteiger partial charge in [-0.05, 0) is 6.92 Å². The molecule has 0 saturated carbocycles. The zero-order valence-corrected chi connectivity index (χ0v) is 5.70. The second-order valence-corrected chi connectivity index (χ2v) is 2.37. The first-order chi connectivity index (χ1) is 4.20. The molecule has 2 unspecified atom stereocenters. The molecule has 1 rings (SSSR count). The molecule has 3 nitrogen and oxygen atoms in total. The highest BCUT2D eigenvalue weighted by molar-refractivity contribution is 5.89. The van der Waals surface area contributed by atoms with Crippen LogP contribution in [-0.2, 0) is 0 Å². The predicted molar refractivity (Wildman–Crippen MR) is 38.7 cm³/mol. The lowest BCUT2D eigenvalue weighted by molar-refractivity contribution is 0.616. The maximum Gasteiger partial charge on any atom is 0.215 e. The average molecular weight is 125 g/mol. The molecule has 0 aromatic carbocycles. The van der Waals surface area contributed by atoms with Crippen LogP contribution in [0, 0.1) is 5.92 Å². The van der Waals surface area contributed by atoms with Gasteiger partial charge in [-0.1, -0.05) is 6.92 Å². The number of guanidine groups is 1. The largest absolute Gasteiger partial charge is 0.368 e. The average Bonchev–Trinajstić information content (AvgIpc) is 1.80. The molecule has 50 valence electrons. The minimum absolute atomic E-state index is 0.294. The quantitative estimate of drug-likeness (QED) is 0.501. The minimum Gasteiger partial charge on any atom is -0.368 e. The monoisotopic (exact) mass is 125 g/mol. The SMILES string of the molecule is CC1C=NC(N)=NC1C. The first-order valence-corrected chi connectivity index (χ1v) is 3.07. The van der Waals surface area contributed by atoms with Crippen molar-refractivity contribution in [3.05, 3.63) is 0 Å². The third-order valence-electron chi connectivity index (χ3n) is 1.54. The van der Waals surface area contributed by atoms with Gasteiger partial charge in [-0.3, -0.25) is 0 Å². The number of aliphatic imine (C=N–C) groups is 2. The number of nitrogens with zero attached hydrogens (tertiary/aromatic N) is 2. The van der Waals surface area contributed by atoms with Crippen LogP contribution in [0.4, 0.5) is 0 Å². The van der Waals surface area contributed by atoms with E-state index in [0.717, 1.165) is 0 Å². The van der Waals surface area contributed by atoms with Gasteiger partial charge >= 0.3 is 0 Å². The lowest BCUT2D eigenvalue weighted by Crippen LogP contribution is -2.24. The Balaban J connectivity index is 2.70. The third kappa shape index (κ3) is 1.28. The normalized spacial score (nSPS) is 34.2. The van der Waals surface area contributed by atoms with E-state index in [-0.39, 0.29) is 0 Å². The molecule has 0 aromatic rings. The van der Waals surface area contributed by atoms with E-state index in [1.807, 2.05) is 13.1 Å². The molecule has 9 heavy (non-hydrogen) atoms. The summed E-state index contributed by atoms with van der Waals surface area (Å²) in [5, 5.41) is 0. The molecule has 1 aliphatic heterocycles. The second-order valence-electron chi connectivity index (χ2n) is 2.37. The van der Waals surface area contributed by atoms with Crippen LogP contribution in [0.15, 0.2) is 9.98 Å². The van der Waals surface area contributed by atoms with Crippen molar-refractivity contribution in [2.24, 2.45) is 21.6 Å². The second kappa shape index (κ2) is 2.17. The summed E-state index contributed by atoms with van der Waals surface area (Å²) in [7, 11) is 0. The van der Waals surface area contributed by atoms with Crippen LogP contribution < -0.4 is 5.73 Å². The van der Waals surface area contributed by atoms with Crippen LogP contribution in [0.5, 0.6) is 0 Å². The van der Waals surface area contributed by atoms with Crippen molar-refractivity contribution in [3.8, 4) is 0 Å². The first-order valence-electron chi connectivity index (χ1n) is 3.07. The summed E-state index contributed by atoms with van der Waals surface area (Å²) in [6.45, 7) is 4.10. The van der Waals surface area contributed by atoms with Crippen molar-refractivity contribution in [3.63, 3.8) is 0 Å². The Kier molecular flexibility index (Phi) is 1.51. The Morgan fingerprint density at radius 1 is 1.56 bits per heavy atom. The summed E-state index contributed by atoms with van der Waals surface area (Å²) in [6, 6.07) is 0.294. The summed E-state index contributed by atoms with van der Waals surface area (Å²) in [4.78, 5) is 7.92. The van der Waals surface area contributed by atoms with Gasteiger partial charge in [-0.15, -0.1) is 0 Å². The smallest absolute Gasteiger partial charge is 0.215 e. The Morgan fingerprint density at radius 2 is 2.22 bits per heavy atom. The van der Waals surface area contributed by atoms with Crippen LogP contribution in [0.2, 0.25) is 0 Å². The van der Waals surface area contributed by atoms with Crippen LogP contribution in [0.25, 0.3) is 0 Å². The highest BCUT2D eigenvalue weighted by Gasteiger charge is 2.11. The number of hydrogen-bond donors (Lipinski definition) is 1. The molecule has 1 heterocycles. The molecule has 2 atom stereocenters. The first kappa shape index (κ1) is 6.26. The molecule has 0 aromatic heterocycles. The van der Waals surface area contributed by atoms with Gasteiger partial charge in [0, 0.05) is 12.1 Å². The minimum atomic E-state index is 0.294. The van der Waals surface area contributed by atoms with Crippen molar-refractivity contribution in [1.29, 1.82) is 0 Å². The van der Waals surface area contributed by atoms with E-state index in [4.69, 9.17) is 5.73 Å². The molecule has 1 aliphatic rings. The number of rotatable bonds is 0. The highest BCUT2D eigenvalue weighted by Crippen LogP contribution is 2.07. The summed E-state index contributed by atoms with van der Waals surface area (Å²) in [5.74, 6) is 0.831. The Hall–Kier alpha value is -0.860. The highest BCUT2D eigenvalue weighted by atomic mass is 15.1. The molecule has 2 N–H and O–H groups in total. The zero-order valence-electron chi connectivity index (χ0n) is 5.70. The van der Waals surface area contributed by atoms with Crippen LogP contribution in [-0.4, -0.2) is 18.2 Å². The maximum absolute atomic E-state index is 5.34. The predicted octanol–water partition coefficient (Wildman–Crippen LogP) is 0.410. The lowest BCUT2D eigenvalue weighted by Gasteiger charge is -2.14. The van der Waals surface area contributed by atoms with E-state index in [1.165, 1.54) is 0 Å². The van der Waals surface area contributed by atoms with Crippen molar-refractivity contribution in [1.82, 2.24) is 0 Å². The Morgan fingerprint density at radius 3 is 2.67 bits per heavy atom. The topological polar surface area (TPSA) is 50.7 Å². The maximum atomic E-state index is 5.34. The fourth-order valence-electron chi connectivity index (χ4n) is 0.678. The fraction of sp³-hybridized carbons (Fsp3) is 0.667. The van der Waals surface area contributed by atoms with Crippen LogP contribution in [0.1, 0.15) is 13.8 Å². The molecule has 0 saturated heterocycles. The van der Waals surface area contributed by atoms with E-state index in [0.29, 0.717) is 17.9 Å². The Labute approximate surface area is 54.7 Å². The van der Waals surface area contributed by atoms with Crippen molar-refractivity contribution >= 4 is 12.2 Å². The summed E-state index contributed by atoms with van der Waals surface area (Å²) >= 11 is 0. The molecule has 0 aliphatic carbocycles. The van der Waals surface area contributed by atoms with E-state index in [2.05, 4.69) is 16.9 Å². The van der Waals surface area contributed by atoms with Crippen LogP contribution in [0.3, 0.4) is 0 Å². The molecule has 0 radical (unpaired) electrons. The van der Waals surface area contributed by atoms with Crippen molar-refractivity contribution < 1.29 is 0 Å². The van der Waals surface area contributed by atoms with Gasteiger partial charge in [0.25, 0.3) is 0 Å². The Bertz CT molecular complexity index is 160. The van der Waals surface area contributed by atoms with Gasteiger partial charge in [-0.2, -0.15) is 0 Å². The number of nitrogens with two attached hydrogens (primary N) is 1. The molecule has 0 spiro atoms. The summed E-state index contributed by atoms with van der Waals surface area (Å²) in [5.41, 5.74) is 5.34. The third-order valence-corrected chi connectivity index (χ3v) is 1.54. The van der Waals surface area contributed by atoms with Gasteiger partial charge in [0.2, 0.25) is 5.96 Å². The summed E-state index contributed by atoms with van der Waals surface area (Å²) in [6.07, 6.45) is 1.84. The standard InChI is InChI=1S/C6H11N3/c1-4-3-8-6(7)9-5(4)2/h3-5H,1-2H3,(H2,7,9). The fourth-order valence-corrected chi connectivity index (χ4v) is 0.678. The van der Waals surface area contributed by atoms with Gasteiger partial charge in [0.1, 0.15) is 0 Å². The van der Waals surface area contributed by atoms with E-state index >= 15 is 0 Å². The van der Waals surface area contributed by atoms with Gasteiger partial charge in [0.15, 0.2) is 0 Å². The van der Waals surface area contributed by atoms with Gasteiger partial charge in [0.05, 0.1) is 6.04 Å². The molecule has 0 fully saturated rings. The molecule has 0 amide bonds. The van der Waals surface area contributed by atoms with E-state index < -0.39 is 0 Å². The van der Waals surface area contributed by atoms with Gasteiger partial charge in [-0.25, -0.2) is 9.98 Å². The van der Waals surface area contributed by atoms with E-state index in [1.54, 1.807) is 0 Å². The molecular weight excluding hydrogens is 114 g/mol. The molecule has 3 heteroatoms. The van der Waals surface area contributed by atoms with E-state index in [9.17, 15) is 0 Å². The lowest BCUT2D eigenvalue weighted by atomic mass is 10.1. The molecule has 0 bridgehead atoms. The molecular formula is C6H11N3. The van der Waals surface area contributed by atoms with Crippen molar-refractivity contribution in [2.45, 2.75) is 19.9 Å². The number of hydrogen-bond acceptors (Lipinski definition) is 3. The van der Waals surface area contributed by atoms with Crippen LogP contribution >= 0.6 is 0 Å². The van der Waals surface area contributed by atoms with Crippen molar-refractivity contribution in [2.75, 3.05) is 0 Å². The zero-order chi connectivity index (χ0) is 6.85. The summed E-state index contributed by atoms with van der Waals surface area (Å²) < 4.78 is 0. The van der Waals surface area contributed by atoms with Gasteiger partial charge < -0.3 is 5.73 Å².